The Labute approximate surface area is 143 Å². The Morgan fingerprint density at radius 3 is 2.87 bits per heavy atom. The lowest BCUT2D eigenvalue weighted by atomic mass is 9.96. The SMILES string of the molecule is CC1Cc2ccccc2N1C(=O)c1cccc2c1CCCN2.Cl. The van der Waals surface area contributed by atoms with Gasteiger partial charge >= 0.3 is 0 Å². The van der Waals surface area contributed by atoms with E-state index in [4.69, 9.17) is 0 Å². The van der Waals surface area contributed by atoms with Crippen molar-refractivity contribution in [1.82, 2.24) is 0 Å². The van der Waals surface area contributed by atoms with E-state index in [-0.39, 0.29) is 24.4 Å². The Bertz CT molecular complexity index is 744. The second-order valence-corrected chi connectivity index (χ2v) is 6.22. The third kappa shape index (κ3) is 2.59. The number of rotatable bonds is 1. The van der Waals surface area contributed by atoms with E-state index in [2.05, 4.69) is 30.4 Å². The maximum atomic E-state index is 13.2. The van der Waals surface area contributed by atoms with Crippen LogP contribution in [0.15, 0.2) is 42.5 Å². The van der Waals surface area contributed by atoms with Crippen LogP contribution in [-0.2, 0) is 12.8 Å². The van der Waals surface area contributed by atoms with E-state index in [1.165, 1.54) is 11.1 Å². The Morgan fingerprint density at radius 1 is 1.17 bits per heavy atom. The lowest BCUT2D eigenvalue weighted by Crippen LogP contribution is -2.36. The Kier molecular flexibility index (Phi) is 4.31. The third-order valence-electron chi connectivity index (χ3n) is 4.75. The van der Waals surface area contributed by atoms with Crippen LogP contribution in [0, 0.1) is 0 Å². The number of halogens is 1. The van der Waals surface area contributed by atoms with E-state index in [1.54, 1.807) is 0 Å². The minimum Gasteiger partial charge on any atom is -0.385 e. The van der Waals surface area contributed by atoms with Gasteiger partial charge < -0.3 is 10.2 Å². The lowest BCUT2D eigenvalue weighted by molar-refractivity contribution is 0.0980. The molecule has 0 radical (unpaired) electrons. The maximum absolute atomic E-state index is 13.2. The highest BCUT2D eigenvalue weighted by Crippen LogP contribution is 2.35. The highest BCUT2D eigenvalue weighted by molar-refractivity contribution is 6.09. The van der Waals surface area contributed by atoms with Crippen LogP contribution in [0.25, 0.3) is 0 Å². The number of para-hydroxylation sites is 1. The first kappa shape index (κ1) is 15.9. The van der Waals surface area contributed by atoms with Crippen molar-refractivity contribution < 1.29 is 4.79 Å². The molecular formula is C19H21ClN2O. The van der Waals surface area contributed by atoms with Crippen LogP contribution < -0.4 is 10.2 Å². The quantitative estimate of drug-likeness (QED) is 0.856. The Morgan fingerprint density at radius 2 is 2.00 bits per heavy atom. The van der Waals surface area contributed by atoms with E-state index >= 15 is 0 Å². The smallest absolute Gasteiger partial charge is 0.258 e. The number of fused-ring (bicyclic) bond motifs is 2. The summed E-state index contributed by atoms with van der Waals surface area (Å²) in [4.78, 5) is 15.2. The summed E-state index contributed by atoms with van der Waals surface area (Å²) in [6.07, 6.45) is 3.01. The number of anilines is 2. The fourth-order valence-corrected chi connectivity index (χ4v) is 3.72. The van der Waals surface area contributed by atoms with Gasteiger partial charge in [-0.2, -0.15) is 0 Å². The molecule has 3 nitrogen and oxygen atoms in total. The van der Waals surface area contributed by atoms with E-state index in [0.29, 0.717) is 0 Å². The van der Waals surface area contributed by atoms with Gasteiger partial charge in [0.15, 0.2) is 0 Å². The molecule has 4 heteroatoms. The second kappa shape index (κ2) is 6.25. The standard InChI is InChI=1S/C19H20N2O.ClH/c1-13-12-14-6-2-3-10-18(14)21(13)19(22)16-7-4-9-17-15(16)8-5-11-20-17;/h2-4,6-7,9-10,13,20H,5,8,11-12H2,1H3;1H. The summed E-state index contributed by atoms with van der Waals surface area (Å²) in [5, 5.41) is 3.41. The number of hydrogen-bond acceptors (Lipinski definition) is 2. The second-order valence-electron chi connectivity index (χ2n) is 6.22. The van der Waals surface area contributed by atoms with Gasteiger partial charge in [0.25, 0.3) is 5.91 Å². The minimum absolute atomic E-state index is 0. The number of amides is 1. The molecule has 0 aliphatic carbocycles. The molecule has 1 unspecified atom stereocenters. The average Bonchev–Trinajstić information content (AvgIpc) is 2.89. The average molecular weight is 329 g/mol. The van der Waals surface area contributed by atoms with Gasteiger partial charge in [0, 0.05) is 29.5 Å². The van der Waals surface area contributed by atoms with Crippen molar-refractivity contribution in [2.75, 3.05) is 16.8 Å². The molecule has 0 aromatic heterocycles. The topological polar surface area (TPSA) is 32.3 Å². The molecule has 1 N–H and O–H groups in total. The molecule has 2 aliphatic rings. The highest BCUT2D eigenvalue weighted by Gasteiger charge is 2.32. The van der Waals surface area contributed by atoms with Crippen molar-refractivity contribution in [3.63, 3.8) is 0 Å². The van der Waals surface area contributed by atoms with Crippen LogP contribution >= 0.6 is 12.4 Å². The van der Waals surface area contributed by atoms with Crippen molar-refractivity contribution in [3.8, 4) is 0 Å². The molecule has 23 heavy (non-hydrogen) atoms. The van der Waals surface area contributed by atoms with Gasteiger partial charge in [-0.15, -0.1) is 12.4 Å². The van der Waals surface area contributed by atoms with Crippen molar-refractivity contribution in [2.24, 2.45) is 0 Å². The first-order valence-electron chi connectivity index (χ1n) is 8.03. The first-order chi connectivity index (χ1) is 10.8. The zero-order chi connectivity index (χ0) is 15.1. The lowest BCUT2D eigenvalue weighted by Gasteiger charge is -2.26. The van der Waals surface area contributed by atoms with Crippen molar-refractivity contribution in [2.45, 2.75) is 32.2 Å². The molecule has 0 saturated heterocycles. The van der Waals surface area contributed by atoms with Crippen molar-refractivity contribution in [3.05, 3.63) is 59.2 Å². The van der Waals surface area contributed by atoms with Gasteiger partial charge in [0.1, 0.15) is 0 Å². The molecule has 120 valence electrons. The van der Waals surface area contributed by atoms with E-state index in [9.17, 15) is 4.79 Å². The largest absolute Gasteiger partial charge is 0.385 e. The van der Waals surface area contributed by atoms with Crippen molar-refractivity contribution >= 4 is 29.7 Å². The van der Waals surface area contributed by atoms with Crippen LogP contribution in [0.2, 0.25) is 0 Å². The summed E-state index contributed by atoms with van der Waals surface area (Å²) in [6.45, 7) is 3.12. The van der Waals surface area contributed by atoms with Crippen LogP contribution in [-0.4, -0.2) is 18.5 Å². The van der Waals surface area contributed by atoms with E-state index in [1.807, 2.05) is 29.2 Å². The molecule has 0 spiro atoms. The summed E-state index contributed by atoms with van der Waals surface area (Å²) in [5.74, 6) is 0.137. The molecule has 2 heterocycles. The third-order valence-corrected chi connectivity index (χ3v) is 4.75. The number of carbonyl (C=O) groups is 1. The summed E-state index contributed by atoms with van der Waals surface area (Å²) < 4.78 is 0. The normalized spacial score (nSPS) is 18.5. The van der Waals surface area contributed by atoms with Gasteiger partial charge in [-0.05, 0) is 55.5 Å². The monoisotopic (exact) mass is 328 g/mol. The molecule has 4 rings (SSSR count). The van der Waals surface area contributed by atoms with Crippen LogP contribution in [0.3, 0.4) is 0 Å². The van der Waals surface area contributed by atoms with E-state index < -0.39 is 0 Å². The zero-order valence-electron chi connectivity index (χ0n) is 13.2. The summed E-state index contributed by atoms with van der Waals surface area (Å²) in [6, 6.07) is 14.5. The summed E-state index contributed by atoms with van der Waals surface area (Å²) in [5.41, 5.74) is 5.49. The molecule has 1 amide bonds. The zero-order valence-corrected chi connectivity index (χ0v) is 14.0. The fourth-order valence-electron chi connectivity index (χ4n) is 3.72. The molecule has 2 aromatic carbocycles. The predicted octanol–water partition coefficient (Wildman–Crippen LogP) is 4.06. The van der Waals surface area contributed by atoms with Gasteiger partial charge in [0.2, 0.25) is 0 Å². The molecule has 2 aliphatic heterocycles. The van der Waals surface area contributed by atoms with Gasteiger partial charge in [-0.25, -0.2) is 0 Å². The molecule has 0 fully saturated rings. The molecule has 1 atom stereocenters. The van der Waals surface area contributed by atoms with Crippen molar-refractivity contribution in [1.29, 1.82) is 0 Å². The summed E-state index contributed by atoms with van der Waals surface area (Å²) in [7, 11) is 0. The van der Waals surface area contributed by atoms with Crippen LogP contribution in [0.4, 0.5) is 11.4 Å². The van der Waals surface area contributed by atoms with Gasteiger partial charge in [0.05, 0.1) is 0 Å². The molecule has 0 saturated carbocycles. The van der Waals surface area contributed by atoms with E-state index in [0.717, 1.165) is 42.7 Å². The number of nitrogens with zero attached hydrogens (tertiary/aromatic N) is 1. The first-order valence-corrected chi connectivity index (χ1v) is 8.03. The fraction of sp³-hybridized carbons (Fsp3) is 0.316. The van der Waals surface area contributed by atoms with Crippen LogP contribution in [0.1, 0.15) is 34.8 Å². The number of hydrogen-bond donors (Lipinski definition) is 1. The number of carbonyl (C=O) groups excluding carboxylic acids is 1. The molecule has 2 aromatic rings. The Balaban J connectivity index is 0.00000156. The van der Waals surface area contributed by atoms with Gasteiger partial charge in [-0.3, -0.25) is 4.79 Å². The maximum Gasteiger partial charge on any atom is 0.258 e. The Hall–Kier alpha value is -2.00. The highest BCUT2D eigenvalue weighted by atomic mass is 35.5. The number of benzene rings is 2. The number of nitrogens with one attached hydrogen (secondary N) is 1. The molecule has 0 bridgehead atoms. The summed E-state index contributed by atoms with van der Waals surface area (Å²) >= 11 is 0. The minimum atomic E-state index is 0. The van der Waals surface area contributed by atoms with Gasteiger partial charge in [-0.1, -0.05) is 24.3 Å². The van der Waals surface area contributed by atoms with Crippen LogP contribution in [0.5, 0.6) is 0 Å². The predicted molar refractivity (Wildman–Crippen MR) is 96.9 cm³/mol. The molecular weight excluding hydrogens is 308 g/mol.